The van der Waals surface area contributed by atoms with E-state index in [1.165, 1.54) is 0 Å². The number of nitrogens with zero attached hydrogens (tertiary/aromatic N) is 2. The molecule has 0 saturated carbocycles. The van der Waals surface area contributed by atoms with Crippen molar-refractivity contribution in [1.82, 2.24) is 4.90 Å². The van der Waals surface area contributed by atoms with E-state index in [0.717, 1.165) is 5.56 Å². The van der Waals surface area contributed by atoms with Gasteiger partial charge in [-0.1, -0.05) is 6.07 Å². The summed E-state index contributed by atoms with van der Waals surface area (Å²) in [4.78, 5) is 14.4. The van der Waals surface area contributed by atoms with Crippen LogP contribution < -0.4 is 4.74 Å². The van der Waals surface area contributed by atoms with E-state index in [4.69, 9.17) is 14.7 Å². The third kappa shape index (κ3) is 5.54. The van der Waals surface area contributed by atoms with Crippen molar-refractivity contribution in [2.45, 2.75) is 13.3 Å². The molecule has 0 radical (unpaired) electrons. The van der Waals surface area contributed by atoms with Crippen molar-refractivity contribution >= 4 is 5.78 Å². The first-order chi connectivity index (χ1) is 10.1. The fourth-order valence-electron chi connectivity index (χ4n) is 2.02. The van der Waals surface area contributed by atoms with Crippen LogP contribution in [0.5, 0.6) is 5.75 Å². The standard InChI is InChI=1S/C16H22N2O3/c1-13-5-6-14(16(11-13)21-3)15(19)12-18(8-4-7-17)9-10-20-2/h5-6,11H,4,8-10,12H2,1-3H3. The normalized spacial score (nSPS) is 10.4. The summed E-state index contributed by atoms with van der Waals surface area (Å²) in [6.07, 6.45) is 0.391. The number of hydrogen-bond donors (Lipinski definition) is 0. The second-order valence-electron chi connectivity index (χ2n) is 4.80. The predicted octanol–water partition coefficient (Wildman–Crippen LogP) is 2.05. The lowest BCUT2D eigenvalue weighted by atomic mass is 10.1. The Morgan fingerprint density at radius 2 is 2.10 bits per heavy atom. The highest BCUT2D eigenvalue weighted by atomic mass is 16.5. The maximum Gasteiger partial charge on any atom is 0.180 e. The molecular formula is C16H22N2O3. The molecule has 1 aromatic carbocycles. The summed E-state index contributed by atoms with van der Waals surface area (Å²) in [6.45, 7) is 3.92. The summed E-state index contributed by atoms with van der Waals surface area (Å²) in [5.74, 6) is 0.577. The van der Waals surface area contributed by atoms with Crippen LogP contribution in [0.2, 0.25) is 0 Å². The van der Waals surface area contributed by atoms with E-state index in [0.29, 0.717) is 37.4 Å². The maximum atomic E-state index is 12.4. The molecule has 0 bridgehead atoms. The monoisotopic (exact) mass is 290 g/mol. The van der Waals surface area contributed by atoms with Gasteiger partial charge in [0.1, 0.15) is 5.75 Å². The van der Waals surface area contributed by atoms with Crippen molar-refractivity contribution < 1.29 is 14.3 Å². The number of Topliss-reactive ketones (excluding diaryl/α,β-unsaturated/α-hetero) is 1. The molecule has 1 rings (SSSR count). The van der Waals surface area contributed by atoms with Gasteiger partial charge >= 0.3 is 0 Å². The van der Waals surface area contributed by atoms with Crippen LogP contribution in [0.3, 0.4) is 0 Å². The summed E-state index contributed by atoms with van der Waals surface area (Å²) in [6, 6.07) is 7.63. The van der Waals surface area contributed by atoms with Gasteiger partial charge in [0.2, 0.25) is 0 Å². The molecular weight excluding hydrogens is 268 g/mol. The smallest absolute Gasteiger partial charge is 0.180 e. The van der Waals surface area contributed by atoms with Crippen LogP contribution in [-0.4, -0.2) is 51.1 Å². The average Bonchev–Trinajstić information content (AvgIpc) is 2.49. The van der Waals surface area contributed by atoms with Crippen LogP contribution in [0.25, 0.3) is 0 Å². The topological polar surface area (TPSA) is 62.6 Å². The van der Waals surface area contributed by atoms with E-state index in [-0.39, 0.29) is 12.3 Å². The average molecular weight is 290 g/mol. The highest BCUT2D eigenvalue weighted by Crippen LogP contribution is 2.20. The van der Waals surface area contributed by atoms with E-state index in [1.807, 2.05) is 24.0 Å². The zero-order chi connectivity index (χ0) is 15.7. The molecule has 0 N–H and O–H groups in total. The molecule has 0 aliphatic rings. The number of carbonyl (C=O) groups is 1. The lowest BCUT2D eigenvalue weighted by Gasteiger charge is -2.20. The highest BCUT2D eigenvalue weighted by molar-refractivity contribution is 6.00. The fourth-order valence-corrected chi connectivity index (χ4v) is 2.02. The van der Waals surface area contributed by atoms with E-state index < -0.39 is 0 Å². The number of ether oxygens (including phenoxy) is 2. The predicted molar refractivity (Wildman–Crippen MR) is 80.6 cm³/mol. The Bertz CT molecular complexity index is 509. The molecule has 1 aromatic rings. The minimum atomic E-state index is -0.0131. The third-order valence-electron chi connectivity index (χ3n) is 3.18. The molecule has 0 atom stereocenters. The van der Waals surface area contributed by atoms with Crippen LogP contribution in [0.15, 0.2) is 18.2 Å². The Labute approximate surface area is 126 Å². The lowest BCUT2D eigenvalue weighted by molar-refractivity contribution is 0.0895. The van der Waals surface area contributed by atoms with Crippen LogP contribution >= 0.6 is 0 Å². The molecule has 21 heavy (non-hydrogen) atoms. The molecule has 0 heterocycles. The summed E-state index contributed by atoms with van der Waals surface area (Å²) < 4.78 is 10.3. The molecule has 0 aliphatic carbocycles. The van der Waals surface area contributed by atoms with E-state index in [2.05, 4.69) is 6.07 Å². The fraction of sp³-hybridized carbons (Fsp3) is 0.500. The molecule has 0 amide bonds. The molecule has 0 aliphatic heterocycles. The summed E-state index contributed by atoms with van der Waals surface area (Å²) in [5, 5.41) is 8.69. The van der Waals surface area contributed by atoms with Crippen molar-refractivity contribution in [1.29, 1.82) is 5.26 Å². The molecule has 0 unspecified atom stereocenters. The molecule has 5 nitrogen and oxygen atoms in total. The molecule has 0 saturated heterocycles. The maximum absolute atomic E-state index is 12.4. The molecule has 114 valence electrons. The molecule has 0 spiro atoms. The largest absolute Gasteiger partial charge is 0.496 e. The number of methoxy groups -OCH3 is 2. The number of ketones is 1. The number of hydrogen-bond acceptors (Lipinski definition) is 5. The van der Waals surface area contributed by atoms with Crippen molar-refractivity contribution in [3.8, 4) is 11.8 Å². The van der Waals surface area contributed by atoms with Gasteiger partial charge in [0.25, 0.3) is 0 Å². The second-order valence-corrected chi connectivity index (χ2v) is 4.80. The van der Waals surface area contributed by atoms with Crippen LogP contribution in [0, 0.1) is 18.3 Å². The van der Waals surface area contributed by atoms with E-state index in [1.54, 1.807) is 20.3 Å². The molecule has 5 heteroatoms. The number of benzene rings is 1. The summed E-state index contributed by atoms with van der Waals surface area (Å²) >= 11 is 0. The van der Waals surface area contributed by atoms with Gasteiger partial charge in [-0.05, 0) is 24.6 Å². The minimum Gasteiger partial charge on any atom is -0.496 e. The molecule has 0 aromatic heterocycles. The molecule has 0 fully saturated rings. The second kappa shape index (κ2) is 9.11. The SMILES string of the molecule is COCCN(CCC#N)CC(=O)c1ccc(C)cc1OC. The number of rotatable bonds is 9. The Kier molecular flexibility index (Phi) is 7.44. The van der Waals surface area contributed by atoms with Crippen LogP contribution in [0.4, 0.5) is 0 Å². The Morgan fingerprint density at radius 1 is 1.33 bits per heavy atom. The first-order valence-corrected chi connectivity index (χ1v) is 6.88. The zero-order valence-corrected chi connectivity index (χ0v) is 12.9. The van der Waals surface area contributed by atoms with Crippen molar-refractivity contribution in [3.05, 3.63) is 29.3 Å². The van der Waals surface area contributed by atoms with Gasteiger partial charge in [-0.25, -0.2) is 0 Å². The quantitative estimate of drug-likeness (QED) is 0.651. The van der Waals surface area contributed by atoms with Gasteiger partial charge in [0.05, 0.1) is 31.9 Å². The van der Waals surface area contributed by atoms with Gasteiger partial charge < -0.3 is 9.47 Å². The zero-order valence-electron chi connectivity index (χ0n) is 12.9. The van der Waals surface area contributed by atoms with Crippen molar-refractivity contribution in [2.75, 3.05) is 40.5 Å². The van der Waals surface area contributed by atoms with Crippen molar-refractivity contribution in [3.63, 3.8) is 0 Å². The van der Waals surface area contributed by atoms with Crippen molar-refractivity contribution in [2.24, 2.45) is 0 Å². The highest BCUT2D eigenvalue weighted by Gasteiger charge is 2.16. The van der Waals surface area contributed by atoms with Gasteiger partial charge in [-0.3, -0.25) is 9.69 Å². The van der Waals surface area contributed by atoms with E-state index >= 15 is 0 Å². The first kappa shape index (κ1) is 17.2. The number of aryl methyl sites for hydroxylation is 1. The first-order valence-electron chi connectivity index (χ1n) is 6.88. The third-order valence-corrected chi connectivity index (χ3v) is 3.18. The lowest BCUT2D eigenvalue weighted by Crippen LogP contribution is -2.33. The summed E-state index contributed by atoms with van der Waals surface area (Å²) in [5.41, 5.74) is 1.62. The van der Waals surface area contributed by atoms with Gasteiger partial charge in [-0.2, -0.15) is 5.26 Å². The van der Waals surface area contributed by atoms with Gasteiger partial charge in [-0.15, -0.1) is 0 Å². The van der Waals surface area contributed by atoms with Gasteiger partial charge in [0.15, 0.2) is 5.78 Å². The van der Waals surface area contributed by atoms with Crippen LogP contribution in [0.1, 0.15) is 22.3 Å². The van der Waals surface area contributed by atoms with Crippen LogP contribution in [-0.2, 0) is 4.74 Å². The summed E-state index contributed by atoms with van der Waals surface area (Å²) in [7, 11) is 3.18. The number of nitriles is 1. The Hall–Kier alpha value is -1.90. The van der Waals surface area contributed by atoms with E-state index in [9.17, 15) is 4.79 Å². The van der Waals surface area contributed by atoms with Gasteiger partial charge in [0, 0.05) is 26.6 Å². The Morgan fingerprint density at radius 3 is 2.71 bits per heavy atom. The number of carbonyl (C=O) groups excluding carboxylic acids is 1. The minimum absolute atomic E-state index is 0.0131. The Balaban J connectivity index is 2.78.